The van der Waals surface area contributed by atoms with E-state index >= 15 is 0 Å². The number of hydrogen-bond acceptors (Lipinski definition) is 2. The van der Waals surface area contributed by atoms with E-state index < -0.39 is 0 Å². The number of carbonyl (C=O) groups is 1. The van der Waals surface area contributed by atoms with E-state index in [9.17, 15) is 4.79 Å². The molecule has 0 saturated heterocycles. The number of allylic oxidation sites excluding steroid dienone is 1. The molecule has 3 heteroatoms. The smallest absolute Gasteiger partial charge is 0.254 e. The topological polar surface area (TPSA) is 32.3 Å². The molecular formula is C9H12N2O. The molecule has 0 aliphatic carbocycles. The Morgan fingerprint density at radius 2 is 2.50 bits per heavy atom. The highest BCUT2D eigenvalue weighted by Gasteiger charge is 2.17. The SMILES string of the molecule is C=CC(=O)N1C(=C)CNC=C1C. The van der Waals surface area contributed by atoms with Gasteiger partial charge in [-0.1, -0.05) is 13.2 Å². The van der Waals surface area contributed by atoms with Gasteiger partial charge in [-0.3, -0.25) is 9.69 Å². The first-order valence-corrected chi connectivity index (χ1v) is 3.71. The summed E-state index contributed by atoms with van der Waals surface area (Å²) in [5.41, 5.74) is 1.59. The average molecular weight is 164 g/mol. The van der Waals surface area contributed by atoms with Gasteiger partial charge in [-0.05, 0) is 13.0 Å². The first kappa shape index (κ1) is 8.59. The molecule has 12 heavy (non-hydrogen) atoms. The second-order valence-electron chi connectivity index (χ2n) is 2.61. The van der Waals surface area contributed by atoms with Crippen molar-refractivity contribution < 1.29 is 4.79 Å². The van der Waals surface area contributed by atoms with Gasteiger partial charge in [0.1, 0.15) is 0 Å². The number of carbonyl (C=O) groups excluding carboxylic acids is 1. The number of nitrogens with zero attached hydrogens (tertiary/aromatic N) is 1. The van der Waals surface area contributed by atoms with E-state index in [1.54, 1.807) is 11.1 Å². The molecule has 0 unspecified atom stereocenters. The molecular weight excluding hydrogens is 152 g/mol. The second kappa shape index (κ2) is 3.26. The van der Waals surface area contributed by atoms with Crippen LogP contribution in [-0.2, 0) is 4.79 Å². The molecule has 1 amide bonds. The zero-order valence-corrected chi connectivity index (χ0v) is 7.13. The van der Waals surface area contributed by atoms with E-state index in [0.717, 1.165) is 11.4 Å². The van der Waals surface area contributed by atoms with Crippen LogP contribution in [0.3, 0.4) is 0 Å². The van der Waals surface area contributed by atoms with E-state index in [0.29, 0.717) is 6.54 Å². The van der Waals surface area contributed by atoms with Crippen LogP contribution >= 0.6 is 0 Å². The van der Waals surface area contributed by atoms with E-state index in [1.807, 2.05) is 6.92 Å². The first-order valence-electron chi connectivity index (χ1n) is 3.71. The molecule has 0 bridgehead atoms. The lowest BCUT2D eigenvalue weighted by molar-refractivity contribution is -0.122. The molecule has 0 fully saturated rings. The van der Waals surface area contributed by atoms with Gasteiger partial charge in [0, 0.05) is 17.6 Å². The van der Waals surface area contributed by atoms with Crippen molar-refractivity contribution >= 4 is 5.91 Å². The molecule has 3 nitrogen and oxygen atoms in total. The van der Waals surface area contributed by atoms with Crippen LogP contribution in [0.25, 0.3) is 0 Å². The van der Waals surface area contributed by atoms with Crippen molar-refractivity contribution in [2.45, 2.75) is 6.92 Å². The van der Waals surface area contributed by atoms with E-state index in [-0.39, 0.29) is 5.91 Å². The minimum atomic E-state index is -0.129. The number of rotatable bonds is 1. The fourth-order valence-corrected chi connectivity index (χ4v) is 1.13. The van der Waals surface area contributed by atoms with Crippen LogP contribution in [-0.4, -0.2) is 17.4 Å². The highest BCUT2D eigenvalue weighted by molar-refractivity contribution is 5.90. The monoisotopic (exact) mass is 164 g/mol. The number of amides is 1. The third-order valence-electron chi connectivity index (χ3n) is 1.68. The molecule has 0 aromatic carbocycles. The Bertz CT molecular complexity index is 266. The van der Waals surface area contributed by atoms with Gasteiger partial charge >= 0.3 is 0 Å². The summed E-state index contributed by atoms with van der Waals surface area (Å²) in [4.78, 5) is 12.8. The molecule has 1 N–H and O–H groups in total. The van der Waals surface area contributed by atoms with Gasteiger partial charge in [-0.15, -0.1) is 0 Å². The fraction of sp³-hybridized carbons (Fsp3) is 0.222. The van der Waals surface area contributed by atoms with Gasteiger partial charge in [0.2, 0.25) is 0 Å². The first-order chi connectivity index (χ1) is 5.66. The zero-order valence-electron chi connectivity index (χ0n) is 7.13. The zero-order chi connectivity index (χ0) is 9.14. The number of nitrogens with one attached hydrogen (secondary N) is 1. The average Bonchev–Trinajstić information content (AvgIpc) is 2.03. The Hall–Kier alpha value is -1.51. The van der Waals surface area contributed by atoms with Crippen LogP contribution in [0.15, 0.2) is 36.8 Å². The van der Waals surface area contributed by atoms with Gasteiger partial charge in [-0.25, -0.2) is 0 Å². The standard InChI is InChI=1S/C9H12N2O/c1-4-9(12)11-7(2)5-10-6-8(11)3/h4,6,10H,1-2,5H2,3H3. The van der Waals surface area contributed by atoms with Crippen molar-refractivity contribution in [2.75, 3.05) is 6.54 Å². The minimum absolute atomic E-state index is 0.129. The van der Waals surface area contributed by atoms with Crippen molar-refractivity contribution in [3.63, 3.8) is 0 Å². The van der Waals surface area contributed by atoms with Gasteiger partial charge in [0.15, 0.2) is 0 Å². The molecule has 1 aliphatic rings. The summed E-state index contributed by atoms with van der Waals surface area (Å²) in [6.45, 7) is 9.65. The Kier molecular flexibility index (Phi) is 2.33. The molecule has 1 heterocycles. The predicted octanol–water partition coefficient (Wildman–Crippen LogP) is 0.979. The third-order valence-corrected chi connectivity index (χ3v) is 1.68. The molecule has 0 spiro atoms. The summed E-state index contributed by atoms with van der Waals surface area (Å²) in [6, 6.07) is 0. The molecule has 1 rings (SSSR count). The maximum atomic E-state index is 11.3. The quantitative estimate of drug-likeness (QED) is 0.586. The van der Waals surface area contributed by atoms with Crippen molar-refractivity contribution in [1.29, 1.82) is 0 Å². The molecule has 0 aromatic rings. The van der Waals surface area contributed by atoms with Crippen LogP contribution in [0.1, 0.15) is 6.92 Å². The lowest BCUT2D eigenvalue weighted by Crippen LogP contribution is -2.35. The van der Waals surface area contributed by atoms with Crippen LogP contribution in [0.4, 0.5) is 0 Å². The Morgan fingerprint density at radius 3 is 3.00 bits per heavy atom. The Balaban J connectivity index is 2.91. The lowest BCUT2D eigenvalue weighted by atomic mass is 10.3. The van der Waals surface area contributed by atoms with Crippen LogP contribution in [0.5, 0.6) is 0 Å². The minimum Gasteiger partial charge on any atom is -0.384 e. The highest BCUT2D eigenvalue weighted by atomic mass is 16.2. The molecule has 1 aliphatic heterocycles. The van der Waals surface area contributed by atoms with Crippen molar-refractivity contribution in [3.8, 4) is 0 Å². The van der Waals surface area contributed by atoms with Crippen molar-refractivity contribution in [3.05, 3.63) is 36.8 Å². The lowest BCUT2D eigenvalue weighted by Gasteiger charge is -2.28. The Labute approximate surface area is 72.1 Å². The maximum absolute atomic E-state index is 11.3. The molecule has 64 valence electrons. The maximum Gasteiger partial charge on any atom is 0.254 e. The highest BCUT2D eigenvalue weighted by Crippen LogP contribution is 2.14. The van der Waals surface area contributed by atoms with Gasteiger partial charge in [0.05, 0.1) is 6.54 Å². The van der Waals surface area contributed by atoms with Crippen molar-refractivity contribution in [2.24, 2.45) is 0 Å². The van der Waals surface area contributed by atoms with Crippen molar-refractivity contribution in [1.82, 2.24) is 10.2 Å². The molecule has 0 saturated carbocycles. The molecule has 0 radical (unpaired) electrons. The largest absolute Gasteiger partial charge is 0.384 e. The van der Waals surface area contributed by atoms with Crippen LogP contribution in [0, 0.1) is 0 Å². The summed E-state index contributed by atoms with van der Waals surface area (Å²) in [5.74, 6) is -0.129. The third kappa shape index (κ3) is 1.39. The summed E-state index contributed by atoms with van der Waals surface area (Å²) >= 11 is 0. The molecule has 0 atom stereocenters. The van der Waals surface area contributed by atoms with Crippen LogP contribution in [0.2, 0.25) is 0 Å². The van der Waals surface area contributed by atoms with E-state index in [1.165, 1.54) is 6.08 Å². The van der Waals surface area contributed by atoms with E-state index in [2.05, 4.69) is 18.5 Å². The van der Waals surface area contributed by atoms with E-state index in [4.69, 9.17) is 0 Å². The van der Waals surface area contributed by atoms with Crippen LogP contribution < -0.4 is 5.32 Å². The van der Waals surface area contributed by atoms with Gasteiger partial charge < -0.3 is 5.32 Å². The molecule has 0 aromatic heterocycles. The fourth-order valence-electron chi connectivity index (χ4n) is 1.13. The normalized spacial score (nSPS) is 16.6. The summed E-state index contributed by atoms with van der Waals surface area (Å²) in [5, 5.41) is 3.00. The van der Waals surface area contributed by atoms with Gasteiger partial charge in [-0.2, -0.15) is 0 Å². The summed E-state index contributed by atoms with van der Waals surface area (Å²) in [6.07, 6.45) is 3.07. The number of hydrogen-bond donors (Lipinski definition) is 1. The summed E-state index contributed by atoms with van der Waals surface area (Å²) < 4.78 is 0. The Morgan fingerprint density at radius 1 is 1.83 bits per heavy atom. The van der Waals surface area contributed by atoms with Gasteiger partial charge in [0.25, 0.3) is 5.91 Å². The summed E-state index contributed by atoms with van der Waals surface area (Å²) in [7, 11) is 0. The predicted molar refractivity (Wildman–Crippen MR) is 47.9 cm³/mol. The second-order valence-corrected chi connectivity index (χ2v) is 2.61.